The first kappa shape index (κ1) is 16.1. The van der Waals surface area contributed by atoms with Crippen molar-refractivity contribution in [3.05, 3.63) is 33.8 Å². The van der Waals surface area contributed by atoms with Crippen LogP contribution in [0.25, 0.3) is 0 Å². The second-order valence-corrected chi connectivity index (χ2v) is 5.39. The number of nitrogens with zero attached hydrogens (tertiary/aromatic N) is 1. The van der Waals surface area contributed by atoms with E-state index in [0.29, 0.717) is 20.9 Å². The molecule has 0 heterocycles. The van der Waals surface area contributed by atoms with Gasteiger partial charge in [0.15, 0.2) is 0 Å². The molecule has 0 amide bonds. The maximum absolute atomic E-state index is 12.4. The van der Waals surface area contributed by atoms with Gasteiger partial charge in [-0.05, 0) is 23.8 Å². The van der Waals surface area contributed by atoms with Crippen LogP contribution in [-0.4, -0.2) is 29.5 Å². The van der Waals surface area contributed by atoms with Gasteiger partial charge in [0.05, 0.1) is 6.54 Å². The Kier molecular flexibility index (Phi) is 6.24. The van der Waals surface area contributed by atoms with Crippen molar-refractivity contribution < 1.29 is 13.2 Å². The van der Waals surface area contributed by atoms with Gasteiger partial charge in [0.1, 0.15) is 0 Å². The lowest BCUT2D eigenvalue weighted by Gasteiger charge is -2.23. The van der Waals surface area contributed by atoms with Crippen molar-refractivity contribution in [1.29, 1.82) is 0 Å². The molecule has 1 aromatic rings. The molecule has 0 bridgehead atoms. The third kappa shape index (κ3) is 5.78. The Hall–Kier alpha value is 0.0300. The SMILES string of the molecule is FC(F)(F)CN(CCBr)Cc1cc(Cl)ccc1Cl. The summed E-state index contributed by atoms with van der Waals surface area (Å²) >= 11 is 14.9. The van der Waals surface area contributed by atoms with Crippen molar-refractivity contribution in [1.82, 2.24) is 4.90 Å². The van der Waals surface area contributed by atoms with Gasteiger partial charge in [-0.25, -0.2) is 0 Å². The van der Waals surface area contributed by atoms with Crippen LogP contribution in [0, 0.1) is 0 Å². The molecule has 0 aromatic heterocycles. The molecule has 0 aliphatic carbocycles. The molecule has 0 atom stereocenters. The third-order valence-corrected chi connectivity index (χ3v) is 3.16. The number of halogens is 6. The zero-order chi connectivity index (χ0) is 13.8. The Morgan fingerprint density at radius 1 is 1.22 bits per heavy atom. The van der Waals surface area contributed by atoms with Crippen molar-refractivity contribution in [2.24, 2.45) is 0 Å². The van der Waals surface area contributed by atoms with Gasteiger partial charge in [-0.15, -0.1) is 0 Å². The molecule has 0 radical (unpaired) electrons. The largest absolute Gasteiger partial charge is 0.401 e. The first-order chi connectivity index (χ1) is 8.31. The Morgan fingerprint density at radius 3 is 2.44 bits per heavy atom. The number of hydrogen-bond acceptors (Lipinski definition) is 1. The van der Waals surface area contributed by atoms with E-state index in [2.05, 4.69) is 15.9 Å². The number of hydrogen-bond donors (Lipinski definition) is 0. The van der Waals surface area contributed by atoms with Crippen LogP contribution >= 0.6 is 39.1 Å². The number of alkyl halides is 4. The molecule has 0 saturated carbocycles. The van der Waals surface area contributed by atoms with Crippen LogP contribution in [0.4, 0.5) is 13.2 Å². The van der Waals surface area contributed by atoms with Crippen LogP contribution in [0.2, 0.25) is 10.0 Å². The molecule has 102 valence electrons. The van der Waals surface area contributed by atoms with E-state index in [-0.39, 0.29) is 13.1 Å². The first-order valence-corrected chi connectivity index (χ1v) is 6.98. The fraction of sp³-hybridized carbons (Fsp3) is 0.455. The lowest BCUT2D eigenvalue weighted by atomic mass is 10.2. The van der Waals surface area contributed by atoms with Gasteiger partial charge < -0.3 is 0 Å². The summed E-state index contributed by atoms with van der Waals surface area (Å²) in [5, 5.41) is 1.34. The highest BCUT2D eigenvalue weighted by molar-refractivity contribution is 9.09. The van der Waals surface area contributed by atoms with Gasteiger partial charge >= 0.3 is 6.18 Å². The van der Waals surface area contributed by atoms with Gasteiger partial charge in [0.25, 0.3) is 0 Å². The highest BCUT2D eigenvalue weighted by Crippen LogP contribution is 2.24. The Bertz CT molecular complexity index is 398. The summed E-state index contributed by atoms with van der Waals surface area (Å²) < 4.78 is 37.2. The van der Waals surface area contributed by atoms with E-state index in [4.69, 9.17) is 23.2 Å². The van der Waals surface area contributed by atoms with Gasteiger partial charge in [-0.1, -0.05) is 39.1 Å². The first-order valence-electron chi connectivity index (χ1n) is 5.11. The maximum atomic E-state index is 12.4. The average molecular weight is 365 g/mol. The quantitative estimate of drug-likeness (QED) is 0.681. The molecule has 0 saturated heterocycles. The predicted molar refractivity (Wildman–Crippen MR) is 71.6 cm³/mol. The Balaban J connectivity index is 2.79. The fourth-order valence-corrected chi connectivity index (χ4v) is 2.37. The lowest BCUT2D eigenvalue weighted by Crippen LogP contribution is -2.35. The molecule has 0 aliphatic rings. The van der Waals surface area contributed by atoms with Gasteiger partial charge in [-0.3, -0.25) is 4.90 Å². The molecule has 0 N–H and O–H groups in total. The highest BCUT2D eigenvalue weighted by atomic mass is 79.9. The molecule has 0 spiro atoms. The Labute approximate surface area is 122 Å². The third-order valence-electron chi connectivity index (χ3n) is 2.21. The summed E-state index contributed by atoms with van der Waals surface area (Å²) in [4.78, 5) is 1.27. The zero-order valence-corrected chi connectivity index (χ0v) is 12.4. The van der Waals surface area contributed by atoms with E-state index < -0.39 is 12.7 Å². The van der Waals surface area contributed by atoms with Crippen molar-refractivity contribution in [2.75, 3.05) is 18.4 Å². The maximum Gasteiger partial charge on any atom is 0.401 e. The topological polar surface area (TPSA) is 3.24 Å². The molecular weight excluding hydrogens is 354 g/mol. The summed E-state index contributed by atoms with van der Waals surface area (Å²) in [7, 11) is 0. The van der Waals surface area contributed by atoms with E-state index in [1.165, 1.54) is 4.90 Å². The van der Waals surface area contributed by atoms with Crippen LogP contribution < -0.4 is 0 Å². The summed E-state index contributed by atoms with van der Waals surface area (Å²) in [6.07, 6.45) is -4.23. The van der Waals surface area contributed by atoms with E-state index >= 15 is 0 Å². The van der Waals surface area contributed by atoms with Gasteiger partial charge in [0, 0.05) is 28.5 Å². The second-order valence-electron chi connectivity index (χ2n) is 3.75. The minimum absolute atomic E-state index is 0.116. The van der Waals surface area contributed by atoms with Gasteiger partial charge in [0.2, 0.25) is 0 Å². The molecule has 0 fully saturated rings. The molecule has 1 aromatic carbocycles. The summed E-state index contributed by atoms with van der Waals surface area (Å²) in [5.74, 6) is 0. The van der Waals surface area contributed by atoms with Crippen LogP contribution in [0.15, 0.2) is 18.2 Å². The molecule has 1 rings (SSSR count). The molecular formula is C11H11BrCl2F3N. The molecule has 0 unspecified atom stereocenters. The average Bonchev–Trinajstić information content (AvgIpc) is 2.21. The monoisotopic (exact) mass is 363 g/mol. The molecule has 0 aliphatic heterocycles. The minimum atomic E-state index is -4.23. The normalized spacial score (nSPS) is 12.2. The summed E-state index contributed by atoms with van der Waals surface area (Å²) in [5.41, 5.74) is 0.592. The summed E-state index contributed by atoms with van der Waals surface area (Å²) in [6.45, 7) is -0.575. The minimum Gasteiger partial charge on any atom is -0.290 e. The smallest absolute Gasteiger partial charge is 0.290 e. The van der Waals surface area contributed by atoms with Gasteiger partial charge in [-0.2, -0.15) is 13.2 Å². The van der Waals surface area contributed by atoms with Crippen LogP contribution in [0.3, 0.4) is 0 Å². The standard InChI is InChI=1S/C11H11BrCl2F3N/c12-3-4-18(7-11(15,16)17)6-8-5-9(13)1-2-10(8)14/h1-2,5H,3-4,6-7H2. The van der Waals surface area contributed by atoms with Crippen LogP contribution in [0.1, 0.15) is 5.56 Å². The predicted octanol–water partition coefficient (Wildman–Crippen LogP) is 4.75. The van der Waals surface area contributed by atoms with Crippen molar-refractivity contribution in [3.8, 4) is 0 Å². The van der Waals surface area contributed by atoms with E-state index in [0.717, 1.165) is 0 Å². The van der Waals surface area contributed by atoms with Crippen LogP contribution in [-0.2, 0) is 6.54 Å². The van der Waals surface area contributed by atoms with E-state index in [1.807, 2.05) is 0 Å². The van der Waals surface area contributed by atoms with Crippen LogP contribution in [0.5, 0.6) is 0 Å². The zero-order valence-electron chi connectivity index (χ0n) is 9.28. The van der Waals surface area contributed by atoms with E-state index in [9.17, 15) is 13.2 Å². The fourth-order valence-electron chi connectivity index (χ4n) is 1.49. The molecule has 18 heavy (non-hydrogen) atoms. The second kappa shape index (κ2) is 6.98. The highest BCUT2D eigenvalue weighted by Gasteiger charge is 2.30. The van der Waals surface area contributed by atoms with Crippen molar-refractivity contribution >= 4 is 39.1 Å². The lowest BCUT2D eigenvalue weighted by molar-refractivity contribution is -0.146. The Morgan fingerprint density at radius 2 is 1.89 bits per heavy atom. The van der Waals surface area contributed by atoms with Crippen molar-refractivity contribution in [2.45, 2.75) is 12.7 Å². The summed E-state index contributed by atoms with van der Waals surface area (Å²) in [6, 6.07) is 4.77. The molecule has 1 nitrogen and oxygen atoms in total. The number of rotatable bonds is 5. The molecule has 7 heteroatoms. The van der Waals surface area contributed by atoms with E-state index in [1.54, 1.807) is 18.2 Å². The van der Waals surface area contributed by atoms with Crippen molar-refractivity contribution in [3.63, 3.8) is 0 Å². The number of benzene rings is 1.